The molecule has 1 unspecified atom stereocenters. The first-order valence-electron chi connectivity index (χ1n) is 6.15. The first-order valence-corrected chi connectivity index (χ1v) is 6.95. The second-order valence-electron chi connectivity index (χ2n) is 4.86. The average molecular weight is 326 g/mol. The molecule has 0 aromatic carbocycles. The van der Waals surface area contributed by atoms with Crippen molar-refractivity contribution in [2.24, 2.45) is 0 Å². The van der Waals surface area contributed by atoms with Gasteiger partial charge >= 0.3 is 0 Å². The molecule has 102 valence electrons. The van der Waals surface area contributed by atoms with Gasteiger partial charge in [-0.15, -0.1) is 0 Å². The molecule has 0 radical (unpaired) electrons. The number of amides is 2. The number of carbonyl (C=O) groups is 2. The van der Waals surface area contributed by atoms with Crippen molar-refractivity contribution in [3.05, 3.63) is 28.5 Å². The van der Waals surface area contributed by atoms with Gasteiger partial charge in [0.1, 0.15) is 12.1 Å². The van der Waals surface area contributed by atoms with Crippen molar-refractivity contribution >= 4 is 27.7 Å². The summed E-state index contributed by atoms with van der Waals surface area (Å²) in [5.41, 5.74) is -0.0327. The lowest BCUT2D eigenvalue weighted by atomic mass is 9.94. The van der Waals surface area contributed by atoms with Crippen molar-refractivity contribution in [1.82, 2.24) is 15.2 Å². The molecule has 1 saturated heterocycles. The lowest BCUT2D eigenvalue weighted by Gasteiger charge is -2.39. The van der Waals surface area contributed by atoms with Gasteiger partial charge in [-0.1, -0.05) is 6.92 Å². The number of nitrogens with one attached hydrogen (secondary N) is 1. The highest BCUT2D eigenvalue weighted by Gasteiger charge is 2.41. The highest BCUT2D eigenvalue weighted by atomic mass is 79.9. The van der Waals surface area contributed by atoms with E-state index in [1.165, 1.54) is 0 Å². The maximum atomic E-state index is 12.4. The van der Waals surface area contributed by atoms with Crippen LogP contribution in [-0.2, 0) is 16.1 Å². The third kappa shape index (κ3) is 2.94. The van der Waals surface area contributed by atoms with Gasteiger partial charge in [0.25, 0.3) is 0 Å². The normalized spacial score (nSPS) is 23.4. The molecule has 1 fully saturated rings. The molecule has 1 atom stereocenters. The smallest absolute Gasteiger partial charge is 0.248 e. The van der Waals surface area contributed by atoms with Crippen LogP contribution in [0.25, 0.3) is 0 Å². The minimum absolute atomic E-state index is 0.0562. The summed E-state index contributed by atoms with van der Waals surface area (Å²) in [6, 6.07) is 3.71. The summed E-state index contributed by atoms with van der Waals surface area (Å²) in [4.78, 5) is 29.9. The number of hydrogen-bond donors (Lipinski definition) is 1. The summed E-state index contributed by atoms with van der Waals surface area (Å²) in [7, 11) is 0. The third-order valence-electron chi connectivity index (χ3n) is 3.36. The van der Waals surface area contributed by atoms with Crippen LogP contribution < -0.4 is 5.32 Å². The molecule has 1 aliphatic rings. The summed E-state index contributed by atoms with van der Waals surface area (Å²) in [6.45, 7) is 4.09. The first kappa shape index (κ1) is 14.0. The SMILES string of the molecule is CCC1(C)NC(=O)CN(Cc2ccc(Br)cn2)C1=O. The molecule has 0 aliphatic carbocycles. The fourth-order valence-corrected chi connectivity index (χ4v) is 2.29. The Labute approximate surface area is 120 Å². The van der Waals surface area contributed by atoms with Crippen LogP contribution in [0.4, 0.5) is 0 Å². The monoisotopic (exact) mass is 325 g/mol. The van der Waals surface area contributed by atoms with E-state index in [-0.39, 0.29) is 18.4 Å². The standard InChI is InChI=1S/C13H16BrN3O2/c1-3-13(2)12(19)17(8-11(18)16-13)7-10-5-4-9(14)6-15-10/h4-6H,3,7-8H2,1-2H3,(H,16,18). The minimum Gasteiger partial charge on any atom is -0.340 e. The van der Waals surface area contributed by atoms with Crippen LogP contribution in [0.5, 0.6) is 0 Å². The number of pyridine rings is 1. The molecule has 0 saturated carbocycles. The van der Waals surface area contributed by atoms with Gasteiger partial charge in [0.05, 0.1) is 12.2 Å². The fourth-order valence-electron chi connectivity index (χ4n) is 2.06. The predicted octanol–water partition coefficient (Wildman–Crippen LogP) is 1.47. The van der Waals surface area contributed by atoms with Gasteiger partial charge in [-0.25, -0.2) is 0 Å². The van der Waals surface area contributed by atoms with Gasteiger partial charge in [0.2, 0.25) is 11.8 Å². The zero-order valence-corrected chi connectivity index (χ0v) is 12.5. The largest absolute Gasteiger partial charge is 0.340 e. The van der Waals surface area contributed by atoms with Crippen molar-refractivity contribution in [3.63, 3.8) is 0 Å². The lowest BCUT2D eigenvalue weighted by Crippen LogP contribution is -2.64. The van der Waals surface area contributed by atoms with E-state index >= 15 is 0 Å². The van der Waals surface area contributed by atoms with Gasteiger partial charge in [0.15, 0.2) is 0 Å². The Balaban J connectivity index is 2.17. The van der Waals surface area contributed by atoms with E-state index in [1.807, 2.05) is 19.1 Å². The van der Waals surface area contributed by atoms with Crippen molar-refractivity contribution in [3.8, 4) is 0 Å². The highest BCUT2D eigenvalue weighted by molar-refractivity contribution is 9.10. The number of piperazine rings is 1. The maximum absolute atomic E-state index is 12.4. The Morgan fingerprint density at radius 2 is 2.21 bits per heavy atom. The molecule has 0 bridgehead atoms. The van der Waals surface area contributed by atoms with Crippen LogP contribution in [0.15, 0.2) is 22.8 Å². The van der Waals surface area contributed by atoms with E-state index in [4.69, 9.17) is 0 Å². The summed E-state index contributed by atoms with van der Waals surface area (Å²) in [6.07, 6.45) is 2.25. The number of rotatable bonds is 3. The number of aromatic nitrogens is 1. The summed E-state index contributed by atoms with van der Waals surface area (Å²) < 4.78 is 0.886. The van der Waals surface area contributed by atoms with Crippen LogP contribution in [0.2, 0.25) is 0 Å². The van der Waals surface area contributed by atoms with Crippen LogP contribution in [0, 0.1) is 0 Å². The van der Waals surface area contributed by atoms with Gasteiger partial charge in [-0.2, -0.15) is 0 Å². The van der Waals surface area contributed by atoms with E-state index in [1.54, 1.807) is 18.0 Å². The molecular weight excluding hydrogens is 310 g/mol. The Morgan fingerprint density at radius 3 is 2.79 bits per heavy atom. The summed E-state index contributed by atoms with van der Waals surface area (Å²) >= 11 is 3.31. The van der Waals surface area contributed by atoms with E-state index in [0.29, 0.717) is 13.0 Å². The summed E-state index contributed by atoms with van der Waals surface area (Å²) in [5, 5.41) is 2.76. The van der Waals surface area contributed by atoms with Crippen LogP contribution in [-0.4, -0.2) is 33.8 Å². The molecule has 0 spiro atoms. The average Bonchev–Trinajstić information content (AvgIpc) is 2.38. The van der Waals surface area contributed by atoms with E-state index in [9.17, 15) is 9.59 Å². The van der Waals surface area contributed by atoms with Gasteiger partial charge in [-0.05, 0) is 41.4 Å². The van der Waals surface area contributed by atoms with Crippen molar-refractivity contribution in [2.75, 3.05) is 6.54 Å². The van der Waals surface area contributed by atoms with Gasteiger partial charge in [0, 0.05) is 10.7 Å². The van der Waals surface area contributed by atoms with Crippen LogP contribution >= 0.6 is 15.9 Å². The van der Waals surface area contributed by atoms with E-state index in [0.717, 1.165) is 10.2 Å². The van der Waals surface area contributed by atoms with Crippen LogP contribution in [0.1, 0.15) is 26.0 Å². The Hall–Kier alpha value is -1.43. The Bertz CT molecular complexity index is 503. The topological polar surface area (TPSA) is 62.3 Å². The fraction of sp³-hybridized carbons (Fsp3) is 0.462. The van der Waals surface area contributed by atoms with E-state index in [2.05, 4.69) is 26.2 Å². The number of halogens is 1. The maximum Gasteiger partial charge on any atom is 0.248 e. The molecule has 6 heteroatoms. The molecule has 2 heterocycles. The predicted molar refractivity (Wildman–Crippen MR) is 74.2 cm³/mol. The number of carbonyl (C=O) groups excluding carboxylic acids is 2. The van der Waals surface area contributed by atoms with Gasteiger partial charge < -0.3 is 10.2 Å². The molecule has 1 N–H and O–H groups in total. The molecule has 2 amide bonds. The molecule has 1 aromatic heterocycles. The van der Waals surface area contributed by atoms with Crippen LogP contribution in [0.3, 0.4) is 0 Å². The molecular formula is C13H16BrN3O2. The Morgan fingerprint density at radius 1 is 1.47 bits per heavy atom. The first-order chi connectivity index (χ1) is 8.94. The van der Waals surface area contributed by atoms with E-state index < -0.39 is 5.54 Å². The van der Waals surface area contributed by atoms with Crippen molar-refractivity contribution < 1.29 is 9.59 Å². The molecule has 1 aliphatic heterocycles. The number of hydrogen-bond acceptors (Lipinski definition) is 3. The molecule has 2 rings (SSSR count). The minimum atomic E-state index is -0.801. The van der Waals surface area contributed by atoms with Crippen molar-refractivity contribution in [2.45, 2.75) is 32.4 Å². The second-order valence-corrected chi connectivity index (χ2v) is 5.78. The molecule has 19 heavy (non-hydrogen) atoms. The molecule has 5 nitrogen and oxygen atoms in total. The second kappa shape index (κ2) is 5.28. The summed E-state index contributed by atoms with van der Waals surface area (Å²) in [5.74, 6) is -0.180. The zero-order valence-electron chi connectivity index (χ0n) is 10.9. The number of nitrogens with zero attached hydrogens (tertiary/aromatic N) is 2. The van der Waals surface area contributed by atoms with Gasteiger partial charge in [-0.3, -0.25) is 14.6 Å². The zero-order chi connectivity index (χ0) is 14.0. The lowest BCUT2D eigenvalue weighted by molar-refractivity contribution is -0.150. The molecule has 1 aromatic rings. The van der Waals surface area contributed by atoms with Crippen molar-refractivity contribution in [1.29, 1.82) is 0 Å². The highest BCUT2D eigenvalue weighted by Crippen LogP contribution is 2.19. The Kier molecular flexibility index (Phi) is 3.89. The quantitative estimate of drug-likeness (QED) is 0.915. The third-order valence-corrected chi connectivity index (χ3v) is 3.83.